The summed E-state index contributed by atoms with van der Waals surface area (Å²) < 4.78 is 12.3. The number of hydrogen-bond donors (Lipinski definition) is 2. The molecule has 0 saturated heterocycles. The lowest BCUT2D eigenvalue weighted by Crippen LogP contribution is -2.30. The Bertz CT molecular complexity index is 707. The van der Waals surface area contributed by atoms with Crippen molar-refractivity contribution in [3.63, 3.8) is 0 Å². The minimum Gasteiger partial charge on any atom is -0.490 e. The summed E-state index contributed by atoms with van der Waals surface area (Å²) in [6.07, 6.45) is 0. The molecule has 2 rings (SSSR count). The number of ether oxygens (including phenoxy) is 2. The molecule has 25 heavy (non-hydrogen) atoms. The summed E-state index contributed by atoms with van der Waals surface area (Å²) in [6.45, 7) is 7.17. The molecule has 0 aromatic heterocycles. The maximum Gasteiger partial charge on any atom is 0.171 e. The van der Waals surface area contributed by atoms with Gasteiger partial charge in [0.15, 0.2) is 16.6 Å². The van der Waals surface area contributed by atoms with Gasteiger partial charge in [0.1, 0.15) is 0 Å². The molecule has 0 saturated carbocycles. The molecule has 6 heteroatoms. The highest BCUT2D eigenvalue weighted by Gasteiger charge is 2.12. The van der Waals surface area contributed by atoms with E-state index in [1.165, 1.54) is 0 Å². The molecule has 0 heterocycles. The lowest BCUT2D eigenvalue weighted by molar-refractivity contribution is 0.287. The third-order valence-corrected chi connectivity index (χ3v) is 4.27. The lowest BCUT2D eigenvalue weighted by Gasteiger charge is -2.19. The van der Waals surface area contributed by atoms with Gasteiger partial charge in [0.25, 0.3) is 0 Å². The van der Waals surface area contributed by atoms with Gasteiger partial charge in [-0.15, -0.1) is 0 Å². The molecule has 0 bridgehead atoms. The van der Waals surface area contributed by atoms with Crippen molar-refractivity contribution in [2.24, 2.45) is 0 Å². The average Bonchev–Trinajstić information content (AvgIpc) is 2.59. The fourth-order valence-electron chi connectivity index (χ4n) is 2.32. The topological polar surface area (TPSA) is 42.5 Å². The molecule has 0 aliphatic carbocycles. The van der Waals surface area contributed by atoms with Crippen LogP contribution in [0.25, 0.3) is 0 Å². The largest absolute Gasteiger partial charge is 0.490 e. The van der Waals surface area contributed by atoms with Gasteiger partial charge >= 0.3 is 0 Å². The highest BCUT2D eigenvalue weighted by Crippen LogP contribution is 2.30. The molecule has 0 radical (unpaired) electrons. The van der Waals surface area contributed by atoms with E-state index >= 15 is 0 Å². The Morgan fingerprint density at radius 3 is 2.32 bits per heavy atom. The quantitative estimate of drug-likeness (QED) is 0.592. The van der Waals surface area contributed by atoms with Crippen LogP contribution in [0.2, 0.25) is 0 Å². The van der Waals surface area contributed by atoms with Crippen LogP contribution in [0.15, 0.2) is 46.9 Å². The van der Waals surface area contributed by atoms with Gasteiger partial charge in [-0.25, -0.2) is 0 Å². The minimum atomic E-state index is 0.0327. The molecule has 1 atom stereocenters. The van der Waals surface area contributed by atoms with E-state index in [-0.39, 0.29) is 6.04 Å². The summed E-state index contributed by atoms with van der Waals surface area (Å²) >= 11 is 8.83. The van der Waals surface area contributed by atoms with Gasteiger partial charge in [0, 0.05) is 10.2 Å². The maximum absolute atomic E-state index is 5.69. The number of hydrogen-bond acceptors (Lipinski definition) is 3. The Hall–Kier alpha value is -1.79. The maximum atomic E-state index is 5.69. The van der Waals surface area contributed by atoms with Gasteiger partial charge in [0.05, 0.1) is 19.3 Å². The molecule has 2 aromatic carbocycles. The van der Waals surface area contributed by atoms with Crippen molar-refractivity contribution in [3.8, 4) is 11.5 Å². The highest BCUT2D eigenvalue weighted by molar-refractivity contribution is 9.10. The molecular formula is C19H23BrN2O2S. The molecule has 0 aliphatic rings. The summed E-state index contributed by atoms with van der Waals surface area (Å²) in [4.78, 5) is 0. The molecule has 134 valence electrons. The number of rotatable bonds is 7. The first-order valence-electron chi connectivity index (χ1n) is 8.26. The van der Waals surface area contributed by atoms with Crippen LogP contribution < -0.4 is 20.1 Å². The van der Waals surface area contributed by atoms with Crippen LogP contribution in [0.1, 0.15) is 32.4 Å². The predicted octanol–water partition coefficient (Wildman–Crippen LogP) is 5.29. The average molecular weight is 423 g/mol. The van der Waals surface area contributed by atoms with Crippen LogP contribution in [0.5, 0.6) is 11.5 Å². The Morgan fingerprint density at radius 2 is 1.68 bits per heavy atom. The molecule has 0 spiro atoms. The first kappa shape index (κ1) is 19.5. The van der Waals surface area contributed by atoms with Crippen molar-refractivity contribution in [2.75, 3.05) is 18.5 Å². The fourth-order valence-corrected chi connectivity index (χ4v) is 2.88. The van der Waals surface area contributed by atoms with Crippen LogP contribution in [0.4, 0.5) is 5.69 Å². The number of thiocarbonyl (C=S) groups is 1. The SMILES string of the molecule is CCOc1ccc([C@@H](C)NC(=S)Nc2ccc(Br)cc2)cc1OCC. The first-order valence-corrected chi connectivity index (χ1v) is 9.46. The zero-order valence-corrected chi connectivity index (χ0v) is 17.0. The number of halogens is 1. The van der Waals surface area contributed by atoms with E-state index in [1.807, 2.05) is 56.3 Å². The van der Waals surface area contributed by atoms with Crippen LogP contribution in [-0.2, 0) is 0 Å². The minimum absolute atomic E-state index is 0.0327. The summed E-state index contributed by atoms with van der Waals surface area (Å²) in [5.41, 5.74) is 2.02. The molecular weight excluding hydrogens is 400 g/mol. The number of anilines is 1. The molecule has 4 nitrogen and oxygen atoms in total. The summed E-state index contributed by atoms with van der Waals surface area (Å²) in [6, 6.07) is 13.9. The smallest absolute Gasteiger partial charge is 0.171 e. The van der Waals surface area contributed by atoms with Crippen molar-refractivity contribution in [3.05, 3.63) is 52.5 Å². The molecule has 0 fully saturated rings. The van der Waals surface area contributed by atoms with E-state index in [0.717, 1.165) is 27.2 Å². The van der Waals surface area contributed by atoms with Gasteiger partial charge in [-0.1, -0.05) is 22.0 Å². The summed E-state index contributed by atoms with van der Waals surface area (Å²) in [5.74, 6) is 1.51. The number of benzene rings is 2. The molecule has 0 aliphatic heterocycles. The standard InChI is InChI=1S/C19H23BrN2O2S/c1-4-23-17-11-6-14(12-18(17)24-5-2)13(3)21-19(25)22-16-9-7-15(20)8-10-16/h6-13H,4-5H2,1-3H3,(H2,21,22,25)/t13-/m1/s1. The van der Waals surface area contributed by atoms with Crippen molar-refractivity contribution in [1.82, 2.24) is 5.32 Å². The zero-order valence-electron chi connectivity index (χ0n) is 14.6. The van der Waals surface area contributed by atoms with Gasteiger partial charge in [-0.05, 0) is 75.0 Å². The predicted molar refractivity (Wildman–Crippen MR) is 111 cm³/mol. The molecule has 0 unspecified atom stereocenters. The van der Waals surface area contributed by atoms with E-state index in [0.29, 0.717) is 18.3 Å². The Kier molecular flexibility index (Phi) is 7.52. The second-order valence-corrected chi connectivity index (χ2v) is 6.72. The van der Waals surface area contributed by atoms with E-state index in [4.69, 9.17) is 21.7 Å². The van der Waals surface area contributed by atoms with Gasteiger partial charge < -0.3 is 20.1 Å². The molecule has 2 aromatic rings. The van der Waals surface area contributed by atoms with Crippen molar-refractivity contribution >= 4 is 38.9 Å². The highest BCUT2D eigenvalue weighted by atomic mass is 79.9. The first-order chi connectivity index (χ1) is 12.0. The van der Waals surface area contributed by atoms with Crippen LogP contribution in [-0.4, -0.2) is 18.3 Å². The summed E-state index contributed by atoms with van der Waals surface area (Å²) in [5, 5.41) is 7.05. The lowest BCUT2D eigenvalue weighted by atomic mass is 10.1. The van der Waals surface area contributed by atoms with E-state index < -0.39 is 0 Å². The fraction of sp³-hybridized carbons (Fsp3) is 0.316. The van der Waals surface area contributed by atoms with Crippen molar-refractivity contribution in [2.45, 2.75) is 26.8 Å². The normalized spacial score (nSPS) is 11.5. The van der Waals surface area contributed by atoms with Crippen molar-refractivity contribution < 1.29 is 9.47 Å². The Balaban J connectivity index is 2.03. The van der Waals surface area contributed by atoms with Crippen LogP contribution in [0.3, 0.4) is 0 Å². The monoisotopic (exact) mass is 422 g/mol. The molecule has 0 amide bonds. The van der Waals surface area contributed by atoms with Crippen LogP contribution >= 0.6 is 28.1 Å². The number of nitrogens with one attached hydrogen (secondary N) is 2. The van der Waals surface area contributed by atoms with Crippen LogP contribution in [0, 0.1) is 0 Å². The van der Waals surface area contributed by atoms with E-state index in [2.05, 4.69) is 33.5 Å². The summed E-state index contributed by atoms with van der Waals surface area (Å²) in [7, 11) is 0. The van der Waals surface area contributed by atoms with Gasteiger partial charge in [0.2, 0.25) is 0 Å². The Morgan fingerprint density at radius 1 is 1.04 bits per heavy atom. The van der Waals surface area contributed by atoms with Gasteiger partial charge in [-0.2, -0.15) is 0 Å². The molecule has 2 N–H and O–H groups in total. The van der Waals surface area contributed by atoms with E-state index in [9.17, 15) is 0 Å². The third-order valence-electron chi connectivity index (χ3n) is 3.52. The zero-order chi connectivity index (χ0) is 18.2. The Labute approximate surface area is 163 Å². The van der Waals surface area contributed by atoms with Gasteiger partial charge in [-0.3, -0.25) is 0 Å². The second-order valence-electron chi connectivity index (χ2n) is 5.40. The van der Waals surface area contributed by atoms with Crippen molar-refractivity contribution in [1.29, 1.82) is 0 Å². The third kappa shape index (κ3) is 5.90. The second kappa shape index (κ2) is 9.63. The van der Waals surface area contributed by atoms with E-state index in [1.54, 1.807) is 0 Å².